The number of ether oxygens (including phenoxy) is 2. The van der Waals surface area contributed by atoms with Crippen molar-refractivity contribution in [2.45, 2.75) is 26.4 Å². The Hall–Kier alpha value is -3.77. The van der Waals surface area contributed by atoms with Crippen molar-refractivity contribution in [1.29, 1.82) is 0 Å². The zero-order valence-electron chi connectivity index (χ0n) is 20.0. The third-order valence-corrected chi connectivity index (χ3v) is 6.49. The molecule has 4 rings (SSSR count). The van der Waals surface area contributed by atoms with Gasteiger partial charge in [0.05, 0.1) is 25.8 Å². The summed E-state index contributed by atoms with van der Waals surface area (Å²) in [4.78, 5) is 28.0. The van der Waals surface area contributed by atoms with Crippen LogP contribution in [0.5, 0.6) is 11.5 Å². The van der Waals surface area contributed by atoms with Crippen LogP contribution in [0.3, 0.4) is 0 Å². The maximum absolute atomic E-state index is 13.3. The average molecular weight is 492 g/mol. The number of benzene rings is 3. The summed E-state index contributed by atoms with van der Waals surface area (Å²) >= 11 is 6.10. The van der Waals surface area contributed by atoms with Gasteiger partial charge in [-0.3, -0.25) is 9.59 Å². The predicted octanol–water partition coefficient (Wildman–Crippen LogP) is 5.60. The lowest BCUT2D eigenvalue weighted by Gasteiger charge is -2.26. The number of carbonyl (C=O) groups excluding carboxylic acids is 2. The Labute approximate surface area is 209 Å². The molecule has 1 unspecified atom stereocenters. The minimum atomic E-state index is -0.781. The average Bonchev–Trinajstić information content (AvgIpc) is 3.10. The highest BCUT2D eigenvalue weighted by Crippen LogP contribution is 2.41. The summed E-state index contributed by atoms with van der Waals surface area (Å²) in [5.74, 6) is -0.263. The fraction of sp³-hybridized carbons (Fsp3) is 0.214. The highest BCUT2D eigenvalue weighted by Gasteiger charge is 2.46. The van der Waals surface area contributed by atoms with Crippen LogP contribution in [-0.2, 0) is 16.1 Å². The first-order chi connectivity index (χ1) is 16.7. The molecular formula is C28H26ClNO5. The van der Waals surface area contributed by atoms with E-state index in [0.717, 1.165) is 16.7 Å². The maximum Gasteiger partial charge on any atom is 0.295 e. The maximum atomic E-state index is 13.3. The van der Waals surface area contributed by atoms with Crippen LogP contribution in [-0.4, -0.2) is 35.9 Å². The summed E-state index contributed by atoms with van der Waals surface area (Å²) in [5, 5.41) is 11.9. The second kappa shape index (κ2) is 9.84. The van der Waals surface area contributed by atoms with Crippen LogP contribution >= 0.6 is 11.6 Å². The van der Waals surface area contributed by atoms with E-state index in [-0.39, 0.29) is 17.9 Å². The number of aryl methyl sites for hydroxylation is 2. The van der Waals surface area contributed by atoms with Crippen LogP contribution in [0.25, 0.3) is 5.76 Å². The number of methoxy groups -OCH3 is 2. The molecule has 1 aliphatic heterocycles. The largest absolute Gasteiger partial charge is 0.507 e. The van der Waals surface area contributed by atoms with Gasteiger partial charge in [-0.15, -0.1) is 0 Å². The number of amides is 1. The molecule has 1 heterocycles. The van der Waals surface area contributed by atoms with Crippen LogP contribution in [0, 0.1) is 13.8 Å². The van der Waals surface area contributed by atoms with E-state index in [9.17, 15) is 14.7 Å². The molecule has 7 heteroatoms. The molecule has 0 spiro atoms. The van der Waals surface area contributed by atoms with Gasteiger partial charge in [-0.2, -0.15) is 0 Å². The second-order valence-corrected chi connectivity index (χ2v) is 8.90. The van der Waals surface area contributed by atoms with Crippen LogP contribution in [0.15, 0.2) is 66.2 Å². The third-order valence-electron chi connectivity index (χ3n) is 6.23. The van der Waals surface area contributed by atoms with Gasteiger partial charge in [0.1, 0.15) is 17.3 Å². The van der Waals surface area contributed by atoms with Gasteiger partial charge < -0.3 is 19.5 Å². The Balaban J connectivity index is 1.86. The Morgan fingerprint density at radius 1 is 0.943 bits per heavy atom. The van der Waals surface area contributed by atoms with Crippen molar-refractivity contribution in [3.63, 3.8) is 0 Å². The number of nitrogens with zero attached hydrogens (tertiary/aromatic N) is 1. The number of halogens is 1. The Morgan fingerprint density at radius 2 is 1.60 bits per heavy atom. The summed E-state index contributed by atoms with van der Waals surface area (Å²) in [6.45, 7) is 3.86. The number of carbonyl (C=O) groups is 2. The normalized spacial score (nSPS) is 17.1. The van der Waals surface area contributed by atoms with E-state index in [1.165, 1.54) is 4.90 Å². The second-order valence-electron chi connectivity index (χ2n) is 8.46. The Bertz CT molecular complexity index is 1310. The number of Topliss-reactive ketones (excluding diaryl/α,β-unsaturated/α-hetero) is 1. The zero-order chi connectivity index (χ0) is 25.3. The quantitative estimate of drug-likeness (QED) is 0.276. The molecule has 1 atom stereocenters. The highest BCUT2D eigenvalue weighted by atomic mass is 35.5. The fourth-order valence-electron chi connectivity index (χ4n) is 4.37. The van der Waals surface area contributed by atoms with Crippen LogP contribution in [0.1, 0.15) is 33.9 Å². The topological polar surface area (TPSA) is 76.1 Å². The first-order valence-corrected chi connectivity index (χ1v) is 11.4. The van der Waals surface area contributed by atoms with Crippen LogP contribution in [0.2, 0.25) is 5.02 Å². The van der Waals surface area contributed by atoms with Gasteiger partial charge in [0.15, 0.2) is 0 Å². The smallest absolute Gasteiger partial charge is 0.295 e. The molecule has 180 valence electrons. The molecule has 3 aromatic rings. The van der Waals surface area contributed by atoms with Gasteiger partial charge in [-0.1, -0.05) is 35.9 Å². The van der Waals surface area contributed by atoms with Crippen LogP contribution < -0.4 is 9.47 Å². The molecule has 1 amide bonds. The minimum absolute atomic E-state index is 0.0403. The van der Waals surface area contributed by atoms with Crippen molar-refractivity contribution in [2.24, 2.45) is 0 Å². The lowest BCUT2D eigenvalue weighted by Crippen LogP contribution is -2.29. The molecule has 0 radical (unpaired) electrons. The molecule has 0 aliphatic carbocycles. The van der Waals surface area contributed by atoms with Crippen molar-refractivity contribution in [2.75, 3.05) is 14.2 Å². The lowest BCUT2D eigenvalue weighted by atomic mass is 9.93. The molecule has 0 aromatic heterocycles. The molecule has 1 fully saturated rings. The van der Waals surface area contributed by atoms with Crippen LogP contribution in [0.4, 0.5) is 0 Å². The van der Waals surface area contributed by atoms with E-state index >= 15 is 0 Å². The number of rotatable bonds is 6. The number of likely N-dealkylation sites (tertiary alicyclic amines) is 1. The minimum Gasteiger partial charge on any atom is -0.507 e. The number of aliphatic hydroxyl groups excluding tert-OH is 1. The number of hydrogen-bond acceptors (Lipinski definition) is 5. The molecule has 0 bridgehead atoms. The summed E-state index contributed by atoms with van der Waals surface area (Å²) in [7, 11) is 3.16. The van der Waals surface area contributed by atoms with Gasteiger partial charge in [0.25, 0.3) is 11.7 Å². The van der Waals surface area contributed by atoms with Gasteiger partial charge in [0.2, 0.25) is 0 Å². The highest BCUT2D eigenvalue weighted by molar-refractivity contribution is 6.46. The third kappa shape index (κ3) is 4.62. The molecule has 1 saturated heterocycles. The number of aliphatic hydroxyl groups is 1. The summed E-state index contributed by atoms with van der Waals surface area (Å²) in [5.41, 5.74) is 3.54. The van der Waals surface area contributed by atoms with E-state index < -0.39 is 17.7 Å². The van der Waals surface area contributed by atoms with Gasteiger partial charge in [0, 0.05) is 17.1 Å². The zero-order valence-corrected chi connectivity index (χ0v) is 20.7. The van der Waals surface area contributed by atoms with E-state index in [0.29, 0.717) is 27.6 Å². The van der Waals surface area contributed by atoms with E-state index in [2.05, 4.69) is 0 Å². The standard InChI is InChI=1S/C28H26ClNO5/c1-16-14-23(35-4)17(2)13-22(16)26(31)24-25(19-7-9-20(29)10-8-19)30(28(33)27(24)32)15-18-5-11-21(34-3)12-6-18/h5-14,25,31H,15H2,1-4H3/b26-24+. The van der Waals surface area contributed by atoms with E-state index in [4.69, 9.17) is 21.1 Å². The summed E-state index contributed by atoms with van der Waals surface area (Å²) < 4.78 is 10.6. The number of ketones is 1. The summed E-state index contributed by atoms with van der Waals surface area (Å²) in [6.07, 6.45) is 0. The fourth-order valence-corrected chi connectivity index (χ4v) is 4.50. The molecule has 35 heavy (non-hydrogen) atoms. The Morgan fingerprint density at radius 3 is 2.20 bits per heavy atom. The summed E-state index contributed by atoms with van der Waals surface area (Å²) in [6, 6.07) is 17.0. The van der Waals surface area contributed by atoms with Crippen molar-refractivity contribution >= 4 is 29.1 Å². The first-order valence-electron chi connectivity index (χ1n) is 11.1. The first kappa shape index (κ1) is 24.4. The lowest BCUT2D eigenvalue weighted by molar-refractivity contribution is -0.140. The van der Waals surface area contributed by atoms with Crippen molar-refractivity contribution in [3.8, 4) is 11.5 Å². The molecule has 3 aromatic carbocycles. The van der Waals surface area contributed by atoms with Crippen molar-refractivity contribution in [3.05, 3.63) is 99.1 Å². The molecule has 0 saturated carbocycles. The van der Waals surface area contributed by atoms with Crippen molar-refractivity contribution < 1.29 is 24.2 Å². The molecule has 6 nitrogen and oxygen atoms in total. The van der Waals surface area contributed by atoms with Gasteiger partial charge in [-0.05, 0) is 72.5 Å². The van der Waals surface area contributed by atoms with Crippen molar-refractivity contribution in [1.82, 2.24) is 4.90 Å². The molecular weight excluding hydrogens is 466 g/mol. The SMILES string of the molecule is COc1ccc(CN2C(=O)C(=O)/C(=C(/O)c3cc(C)c(OC)cc3C)C2c2ccc(Cl)cc2)cc1. The van der Waals surface area contributed by atoms with E-state index in [1.807, 2.05) is 26.0 Å². The van der Waals surface area contributed by atoms with Gasteiger partial charge >= 0.3 is 0 Å². The Kier molecular flexibility index (Phi) is 6.85. The predicted molar refractivity (Wildman–Crippen MR) is 135 cm³/mol. The molecule has 1 N–H and O–H groups in total. The van der Waals surface area contributed by atoms with Gasteiger partial charge in [-0.25, -0.2) is 0 Å². The molecule has 1 aliphatic rings. The van der Waals surface area contributed by atoms with E-state index in [1.54, 1.807) is 62.8 Å². The number of hydrogen-bond donors (Lipinski definition) is 1. The monoisotopic (exact) mass is 491 g/mol.